The van der Waals surface area contributed by atoms with E-state index in [9.17, 15) is 48.2 Å². The molecule has 19 heteroatoms. The highest BCUT2D eigenvalue weighted by molar-refractivity contribution is 7.47. The van der Waals surface area contributed by atoms with Crippen LogP contribution in [0.25, 0.3) is 33.7 Å². The van der Waals surface area contributed by atoms with Crippen molar-refractivity contribution < 1.29 is 57.2 Å². The number of carbonyl (C=O) groups excluding carboxylic acids is 2. The Kier molecular flexibility index (Phi) is 11.4. The minimum absolute atomic E-state index is 0.0920. The molecule has 300 valence electrons. The molecule has 0 bridgehead atoms. The van der Waals surface area contributed by atoms with Crippen LogP contribution in [0.3, 0.4) is 0 Å². The first kappa shape index (κ1) is 41.0. The smallest absolute Gasteiger partial charge is 0.465 e. The van der Waals surface area contributed by atoms with Crippen molar-refractivity contribution in [2.24, 2.45) is 0 Å². The van der Waals surface area contributed by atoms with E-state index in [0.717, 1.165) is 5.56 Å². The molecule has 2 heterocycles. The Labute approximate surface area is 340 Å². The van der Waals surface area contributed by atoms with Gasteiger partial charge < -0.3 is 24.0 Å². The number of anilines is 3. The zero-order chi connectivity index (χ0) is 41.5. The van der Waals surface area contributed by atoms with Gasteiger partial charge in [-0.05, 0) is 51.2 Å². The zero-order valence-corrected chi connectivity index (χ0v) is 33.2. The Bertz CT molecular complexity index is 2660. The molecule has 3 amide bonds. The number of phosphoric acid groups is 2. The molecule has 5 aromatic rings. The van der Waals surface area contributed by atoms with Crippen LogP contribution in [0.4, 0.5) is 21.9 Å². The van der Waals surface area contributed by atoms with E-state index in [1.165, 1.54) is 52.3 Å². The van der Waals surface area contributed by atoms with Gasteiger partial charge in [-0.15, -0.1) is 23.2 Å². The van der Waals surface area contributed by atoms with Gasteiger partial charge in [-0.2, -0.15) is 0 Å². The summed E-state index contributed by atoms with van der Waals surface area (Å²) in [6.45, 7) is 0.334. The second-order valence-corrected chi connectivity index (χ2v) is 16.4. The van der Waals surface area contributed by atoms with Crippen LogP contribution < -0.4 is 24.2 Å². The summed E-state index contributed by atoms with van der Waals surface area (Å²) in [5.41, 5.74) is 2.98. The first-order valence-electron chi connectivity index (χ1n) is 17.4. The van der Waals surface area contributed by atoms with Crippen LogP contribution in [0.1, 0.15) is 34.1 Å². The number of fused-ring (bicyclic) bond motifs is 6. The van der Waals surface area contributed by atoms with Gasteiger partial charge in [0.05, 0.1) is 17.1 Å². The van der Waals surface area contributed by atoms with Gasteiger partial charge in [0.2, 0.25) is 0 Å². The zero-order valence-electron chi connectivity index (χ0n) is 29.9. The van der Waals surface area contributed by atoms with Crippen LogP contribution in [0, 0.1) is 0 Å². The van der Waals surface area contributed by atoms with Crippen molar-refractivity contribution in [2.45, 2.75) is 11.8 Å². The lowest BCUT2D eigenvalue weighted by atomic mass is 9.95. The van der Waals surface area contributed by atoms with Crippen molar-refractivity contribution in [3.63, 3.8) is 0 Å². The molecule has 6 N–H and O–H groups in total. The summed E-state index contributed by atoms with van der Waals surface area (Å²) in [7, 11) is -9.92. The molecule has 2 aliphatic heterocycles. The van der Waals surface area contributed by atoms with Gasteiger partial charge in [-0.1, -0.05) is 60.7 Å². The molecule has 0 aliphatic carbocycles. The Hall–Kier alpha value is -5.21. The van der Waals surface area contributed by atoms with E-state index in [4.69, 9.17) is 32.2 Å². The molecule has 0 saturated heterocycles. The predicted octanol–water partition coefficient (Wildman–Crippen LogP) is 7.79. The lowest BCUT2D eigenvalue weighted by Crippen LogP contribution is -2.28. The summed E-state index contributed by atoms with van der Waals surface area (Å²) >= 11 is 12.7. The fraction of sp³-hybridized carbons (Fsp3) is 0.154. The first-order valence-corrected chi connectivity index (χ1v) is 21.5. The number of halogens is 2. The van der Waals surface area contributed by atoms with Gasteiger partial charge in [0.15, 0.2) is 0 Å². The molecule has 0 radical (unpaired) electrons. The van der Waals surface area contributed by atoms with Gasteiger partial charge in [-0.25, -0.2) is 13.9 Å². The van der Waals surface area contributed by atoms with Crippen LogP contribution in [0.15, 0.2) is 91.0 Å². The van der Waals surface area contributed by atoms with Crippen molar-refractivity contribution in [3.05, 3.63) is 113 Å². The molecule has 0 spiro atoms. The Balaban J connectivity index is 1.16. The topological polar surface area (TPSA) is 223 Å². The average Bonchev–Trinajstić information content (AvgIpc) is 3.74. The molecule has 0 unspecified atom stereocenters. The summed E-state index contributed by atoms with van der Waals surface area (Å²) in [4.78, 5) is 80.4. The Morgan fingerprint density at radius 2 is 1.14 bits per heavy atom. The largest absolute Gasteiger partial charge is 0.524 e. The fourth-order valence-electron chi connectivity index (χ4n) is 7.46. The lowest BCUT2D eigenvalue weighted by molar-refractivity contribution is -0.114. The number of alkyl halides is 2. The van der Waals surface area contributed by atoms with Crippen LogP contribution in [0.5, 0.6) is 11.5 Å². The van der Waals surface area contributed by atoms with E-state index in [-0.39, 0.29) is 53.9 Å². The van der Waals surface area contributed by atoms with Crippen molar-refractivity contribution in [3.8, 4) is 11.5 Å². The molecule has 0 aromatic heterocycles. The lowest BCUT2D eigenvalue weighted by Gasteiger charge is -2.18. The second-order valence-electron chi connectivity index (χ2n) is 13.4. The Morgan fingerprint density at radius 3 is 1.57 bits per heavy atom. The maximum atomic E-state index is 13.7. The molecular formula is C39H33Cl2N3O12P2. The highest BCUT2D eigenvalue weighted by Gasteiger charge is 2.36. The quantitative estimate of drug-likeness (QED) is 0.0425. The minimum Gasteiger partial charge on any atom is -0.465 e. The maximum Gasteiger partial charge on any atom is 0.524 e. The third kappa shape index (κ3) is 8.49. The van der Waals surface area contributed by atoms with Gasteiger partial charge in [-0.3, -0.25) is 34.5 Å². The molecule has 2 aliphatic rings. The molecule has 15 nitrogen and oxygen atoms in total. The van der Waals surface area contributed by atoms with Gasteiger partial charge in [0.1, 0.15) is 11.5 Å². The van der Waals surface area contributed by atoms with Crippen molar-refractivity contribution in [1.29, 1.82) is 0 Å². The third-order valence-corrected chi connectivity index (χ3v) is 11.4. The standard InChI is InChI=1S/C39H33Cl2N3O12P2/c40-18-24-20-43(31-16-33(55-57(49,50)51)26-5-1-3-7-28(26)37(24)31)35(45)13-10-22-9-11-23(30(15-22)42-39(47)48)12-14-36(46)44-21-25(19-41)38-29-8-4-2-6-27(29)34(17-32(38)44)56-58(52,53)54/h1-17,24-25,42H,18-21H2,(H,47,48)(H2,49,50,51)(H2,52,53,54)/b13-10-,14-12-/t24-,25-/m1/s1. The number of phosphoric ester groups is 2. The van der Waals surface area contributed by atoms with Gasteiger partial charge >= 0.3 is 21.7 Å². The average molecular weight is 869 g/mol. The monoisotopic (exact) mass is 867 g/mol. The van der Waals surface area contributed by atoms with E-state index in [2.05, 4.69) is 5.32 Å². The van der Waals surface area contributed by atoms with E-state index >= 15 is 0 Å². The normalized spacial score (nSPS) is 16.7. The third-order valence-electron chi connectivity index (χ3n) is 9.74. The van der Waals surface area contributed by atoms with E-state index in [0.29, 0.717) is 49.6 Å². The van der Waals surface area contributed by atoms with E-state index in [1.807, 2.05) is 0 Å². The Morgan fingerprint density at radius 1 is 0.690 bits per heavy atom. The molecule has 0 fully saturated rings. The summed E-state index contributed by atoms with van der Waals surface area (Å²) in [6, 6.07) is 21.1. The molecule has 2 atom stereocenters. The number of nitrogens with zero attached hydrogens (tertiary/aromatic N) is 2. The number of hydrogen-bond acceptors (Lipinski definition) is 7. The highest BCUT2D eigenvalue weighted by Crippen LogP contribution is 2.50. The molecule has 5 aromatic carbocycles. The van der Waals surface area contributed by atoms with Crippen LogP contribution in [-0.2, 0) is 18.7 Å². The van der Waals surface area contributed by atoms with Crippen LogP contribution in [-0.4, -0.2) is 67.4 Å². The van der Waals surface area contributed by atoms with Crippen molar-refractivity contribution in [2.75, 3.05) is 40.0 Å². The molecule has 58 heavy (non-hydrogen) atoms. The summed E-state index contributed by atoms with van der Waals surface area (Å²) < 4.78 is 33.6. The van der Waals surface area contributed by atoms with Crippen molar-refractivity contribution >= 4 is 108 Å². The first-order chi connectivity index (χ1) is 27.5. The number of nitrogens with one attached hydrogen (secondary N) is 1. The number of hydrogen-bond donors (Lipinski definition) is 6. The number of carbonyl (C=O) groups is 3. The van der Waals surface area contributed by atoms with Crippen molar-refractivity contribution in [1.82, 2.24) is 0 Å². The number of benzene rings is 5. The van der Waals surface area contributed by atoms with Crippen LogP contribution >= 0.6 is 38.8 Å². The van der Waals surface area contributed by atoms with Gasteiger partial charge in [0, 0.05) is 71.7 Å². The molecule has 0 saturated carbocycles. The fourth-order valence-corrected chi connectivity index (χ4v) is 8.78. The number of rotatable bonds is 11. The van der Waals surface area contributed by atoms with Crippen LogP contribution in [0.2, 0.25) is 0 Å². The number of carboxylic acid groups (broad SMARTS) is 1. The number of amides is 3. The van der Waals surface area contributed by atoms with Gasteiger partial charge in [0.25, 0.3) is 11.8 Å². The predicted molar refractivity (Wildman–Crippen MR) is 221 cm³/mol. The summed E-state index contributed by atoms with van der Waals surface area (Å²) in [5.74, 6) is -1.54. The second kappa shape index (κ2) is 16.2. The maximum absolute atomic E-state index is 13.7. The van der Waals surface area contributed by atoms with E-state index in [1.54, 1.807) is 60.7 Å². The molecule has 7 rings (SSSR count). The summed E-state index contributed by atoms with van der Waals surface area (Å²) in [6.07, 6.45) is 3.98. The highest BCUT2D eigenvalue weighted by atomic mass is 35.5. The van der Waals surface area contributed by atoms with E-state index < -0.39 is 33.6 Å². The SMILES string of the molecule is O=C(O)Nc1cc(/C=C\C(=O)N2C[C@@H](CCl)c3c2cc(OP(=O)(O)O)c2ccccc32)ccc1/C=C\C(=O)N1C[C@@H](CCl)c2c1cc(OP(=O)(O)O)c1ccccc21. The minimum atomic E-state index is -4.96. The molecular weight excluding hydrogens is 835 g/mol. The summed E-state index contributed by atoms with van der Waals surface area (Å²) in [5, 5.41) is 14.1.